The lowest BCUT2D eigenvalue weighted by molar-refractivity contribution is -0.122. The molecule has 1 atom stereocenters. The Morgan fingerprint density at radius 2 is 2.05 bits per heavy atom. The maximum Gasteiger partial charge on any atom is 0.234 e. The van der Waals surface area contributed by atoms with Crippen molar-refractivity contribution in [3.05, 3.63) is 29.8 Å². The first kappa shape index (κ1) is 14.9. The molecular formula is C16H24N2O2. The van der Waals surface area contributed by atoms with Crippen LogP contribution in [0.15, 0.2) is 24.3 Å². The SMILES string of the molecule is COc1ccc(CN(C)CC(=O)N[C@@H](C)C2CC2)cc1. The first-order valence-corrected chi connectivity index (χ1v) is 7.19. The van der Waals surface area contributed by atoms with Crippen LogP contribution in [0.4, 0.5) is 0 Å². The lowest BCUT2D eigenvalue weighted by Gasteiger charge is -2.19. The first-order valence-electron chi connectivity index (χ1n) is 7.19. The van der Waals surface area contributed by atoms with Gasteiger partial charge >= 0.3 is 0 Å². The zero-order chi connectivity index (χ0) is 14.5. The molecule has 0 aliphatic heterocycles. The van der Waals surface area contributed by atoms with Crippen LogP contribution in [0.2, 0.25) is 0 Å². The van der Waals surface area contributed by atoms with Gasteiger partial charge in [-0.1, -0.05) is 12.1 Å². The van der Waals surface area contributed by atoms with E-state index in [4.69, 9.17) is 4.74 Å². The maximum atomic E-state index is 11.9. The van der Waals surface area contributed by atoms with E-state index >= 15 is 0 Å². The number of nitrogens with zero attached hydrogens (tertiary/aromatic N) is 1. The Balaban J connectivity index is 1.75. The monoisotopic (exact) mass is 276 g/mol. The maximum absolute atomic E-state index is 11.9. The average molecular weight is 276 g/mol. The van der Waals surface area contributed by atoms with Gasteiger partial charge in [-0.2, -0.15) is 0 Å². The highest BCUT2D eigenvalue weighted by atomic mass is 16.5. The number of nitrogens with one attached hydrogen (secondary N) is 1. The van der Waals surface area contributed by atoms with Gasteiger partial charge in [-0.15, -0.1) is 0 Å². The summed E-state index contributed by atoms with van der Waals surface area (Å²) in [6.07, 6.45) is 2.51. The molecule has 0 aromatic heterocycles. The Morgan fingerprint density at radius 1 is 1.40 bits per heavy atom. The fraction of sp³-hybridized carbons (Fsp3) is 0.562. The minimum atomic E-state index is 0.111. The van der Waals surface area contributed by atoms with Gasteiger partial charge in [0.1, 0.15) is 5.75 Å². The van der Waals surface area contributed by atoms with Crippen LogP contribution in [-0.4, -0.2) is 37.6 Å². The molecule has 0 radical (unpaired) electrons. The van der Waals surface area contributed by atoms with Gasteiger partial charge in [0, 0.05) is 12.6 Å². The number of amides is 1. The quantitative estimate of drug-likeness (QED) is 0.828. The molecule has 0 heterocycles. The van der Waals surface area contributed by atoms with Gasteiger partial charge in [-0.05, 0) is 50.4 Å². The molecule has 1 fully saturated rings. The summed E-state index contributed by atoms with van der Waals surface area (Å²) in [5, 5.41) is 3.08. The van der Waals surface area contributed by atoms with Crippen molar-refractivity contribution in [2.75, 3.05) is 20.7 Å². The summed E-state index contributed by atoms with van der Waals surface area (Å²) in [4.78, 5) is 13.9. The number of hydrogen-bond acceptors (Lipinski definition) is 3. The topological polar surface area (TPSA) is 41.6 Å². The van der Waals surface area contributed by atoms with Gasteiger partial charge in [-0.3, -0.25) is 9.69 Å². The van der Waals surface area contributed by atoms with Crippen molar-refractivity contribution in [1.29, 1.82) is 0 Å². The first-order chi connectivity index (χ1) is 9.58. The summed E-state index contributed by atoms with van der Waals surface area (Å²) in [5.41, 5.74) is 1.18. The van der Waals surface area contributed by atoms with E-state index in [1.165, 1.54) is 18.4 Å². The van der Waals surface area contributed by atoms with Gasteiger partial charge in [0.15, 0.2) is 0 Å². The van der Waals surface area contributed by atoms with E-state index in [1.807, 2.05) is 36.2 Å². The highest BCUT2D eigenvalue weighted by Gasteiger charge is 2.28. The molecule has 1 aromatic carbocycles. The Kier molecular flexibility index (Phi) is 5.01. The zero-order valence-corrected chi connectivity index (χ0v) is 12.6. The molecule has 1 saturated carbocycles. The standard InChI is InChI=1S/C16H24N2O2/c1-12(14-6-7-14)17-16(19)11-18(2)10-13-4-8-15(20-3)9-5-13/h4-5,8-9,12,14H,6-7,10-11H2,1-3H3,(H,17,19)/t12-/m0/s1. The summed E-state index contributed by atoms with van der Waals surface area (Å²) in [6, 6.07) is 8.26. The molecule has 20 heavy (non-hydrogen) atoms. The Morgan fingerprint density at radius 3 is 2.60 bits per heavy atom. The molecule has 4 heteroatoms. The highest BCUT2D eigenvalue weighted by Crippen LogP contribution is 2.32. The summed E-state index contributed by atoms with van der Waals surface area (Å²) < 4.78 is 5.13. The Bertz CT molecular complexity index is 440. The summed E-state index contributed by atoms with van der Waals surface area (Å²) in [7, 11) is 3.62. The van der Waals surface area contributed by atoms with Crippen molar-refractivity contribution >= 4 is 5.91 Å². The van der Waals surface area contributed by atoms with Gasteiger partial charge in [0.25, 0.3) is 0 Å². The number of benzene rings is 1. The average Bonchev–Trinajstić information content (AvgIpc) is 3.23. The third-order valence-corrected chi connectivity index (χ3v) is 3.74. The molecule has 4 nitrogen and oxygen atoms in total. The fourth-order valence-electron chi connectivity index (χ4n) is 2.36. The minimum Gasteiger partial charge on any atom is -0.497 e. The molecule has 0 bridgehead atoms. The number of carbonyl (C=O) groups is 1. The summed E-state index contributed by atoms with van der Waals surface area (Å²) in [5.74, 6) is 1.67. The second-order valence-electron chi connectivity index (χ2n) is 5.71. The number of hydrogen-bond donors (Lipinski definition) is 1. The Hall–Kier alpha value is -1.55. The van der Waals surface area contributed by atoms with Crippen LogP contribution < -0.4 is 10.1 Å². The molecule has 110 valence electrons. The number of ether oxygens (including phenoxy) is 1. The van der Waals surface area contributed by atoms with Gasteiger partial charge in [0.2, 0.25) is 5.91 Å². The molecular weight excluding hydrogens is 252 g/mol. The molecule has 0 unspecified atom stereocenters. The van der Waals surface area contributed by atoms with Crippen LogP contribution in [0, 0.1) is 5.92 Å². The van der Waals surface area contributed by atoms with Crippen LogP contribution in [0.5, 0.6) is 5.75 Å². The largest absolute Gasteiger partial charge is 0.497 e. The fourth-order valence-corrected chi connectivity index (χ4v) is 2.36. The molecule has 1 aliphatic rings. The van der Waals surface area contributed by atoms with Crippen LogP contribution in [-0.2, 0) is 11.3 Å². The van der Waals surface area contributed by atoms with Gasteiger partial charge in [-0.25, -0.2) is 0 Å². The van der Waals surface area contributed by atoms with E-state index in [1.54, 1.807) is 7.11 Å². The lowest BCUT2D eigenvalue weighted by atomic mass is 10.2. The number of carbonyl (C=O) groups excluding carboxylic acids is 1. The van der Waals surface area contributed by atoms with Crippen molar-refractivity contribution in [3.63, 3.8) is 0 Å². The number of likely N-dealkylation sites (N-methyl/N-ethyl adjacent to an activating group) is 1. The zero-order valence-electron chi connectivity index (χ0n) is 12.6. The van der Waals surface area contributed by atoms with E-state index in [0.29, 0.717) is 18.5 Å². The predicted octanol–water partition coefficient (Wildman–Crippen LogP) is 2.04. The van der Waals surface area contributed by atoms with E-state index in [0.717, 1.165) is 12.3 Å². The van der Waals surface area contributed by atoms with Crippen molar-refractivity contribution in [2.24, 2.45) is 5.92 Å². The normalized spacial score (nSPS) is 16.0. The molecule has 1 aromatic rings. The van der Waals surface area contributed by atoms with Crippen molar-refractivity contribution < 1.29 is 9.53 Å². The van der Waals surface area contributed by atoms with E-state index in [-0.39, 0.29) is 5.91 Å². The molecule has 1 aliphatic carbocycles. The molecule has 2 rings (SSSR count). The third-order valence-electron chi connectivity index (χ3n) is 3.74. The van der Waals surface area contributed by atoms with Crippen LogP contribution in [0.1, 0.15) is 25.3 Å². The Labute approximate surface area is 121 Å². The number of rotatable bonds is 7. The van der Waals surface area contributed by atoms with Crippen LogP contribution >= 0.6 is 0 Å². The van der Waals surface area contributed by atoms with Crippen molar-refractivity contribution in [2.45, 2.75) is 32.4 Å². The van der Waals surface area contributed by atoms with Crippen molar-refractivity contribution in [3.8, 4) is 5.75 Å². The molecule has 0 saturated heterocycles. The van der Waals surface area contributed by atoms with E-state index in [9.17, 15) is 4.79 Å². The van der Waals surface area contributed by atoms with Crippen LogP contribution in [0.25, 0.3) is 0 Å². The predicted molar refractivity (Wildman–Crippen MR) is 79.7 cm³/mol. The second-order valence-corrected chi connectivity index (χ2v) is 5.71. The smallest absolute Gasteiger partial charge is 0.234 e. The molecule has 1 amide bonds. The highest BCUT2D eigenvalue weighted by molar-refractivity contribution is 5.78. The van der Waals surface area contributed by atoms with E-state index in [2.05, 4.69) is 12.2 Å². The number of methoxy groups -OCH3 is 1. The van der Waals surface area contributed by atoms with Gasteiger partial charge in [0.05, 0.1) is 13.7 Å². The van der Waals surface area contributed by atoms with Crippen LogP contribution in [0.3, 0.4) is 0 Å². The minimum absolute atomic E-state index is 0.111. The molecule has 0 spiro atoms. The van der Waals surface area contributed by atoms with Crippen molar-refractivity contribution in [1.82, 2.24) is 10.2 Å². The molecule has 1 N–H and O–H groups in total. The van der Waals surface area contributed by atoms with Gasteiger partial charge < -0.3 is 10.1 Å². The lowest BCUT2D eigenvalue weighted by Crippen LogP contribution is -2.40. The third kappa shape index (κ3) is 4.53. The second kappa shape index (κ2) is 6.75. The van der Waals surface area contributed by atoms with E-state index < -0.39 is 0 Å². The summed E-state index contributed by atoms with van der Waals surface area (Å²) >= 11 is 0. The summed E-state index contributed by atoms with van der Waals surface area (Å²) in [6.45, 7) is 3.29.